The maximum Gasteiger partial charge on any atom is 0.331 e. The van der Waals surface area contributed by atoms with Crippen LogP contribution in [0, 0.1) is 0 Å². The minimum Gasteiger partial charge on any atom is -0.454 e. The lowest BCUT2D eigenvalue weighted by atomic mass is 10.00. The fourth-order valence-electron chi connectivity index (χ4n) is 2.24. The summed E-state index contributed by atoms with van der Waals surface area (Å²) in [6.45, 7) is 0. The van der Waals surface area contributed by atoms with Gasteiger partial charge in [0.15, 0.2) is 0 Å². The van der Waals surface area contributed by atoms with Gasteiger partial charge in [-0.3, -0.25) is 0 Å². The number of benzene rings is 2. The molecule has 0 radical (unpaired) electrons. The summed E-state index contributed by atoms with van der Waals surface area (Å²) in [5.41, 5.74) is 3.40. The second-order valence-corrected chi connectivity index (χ2v) is 4.55. The smallest absolute Gasteiger partial charge is 0.331 e. The van der Waals surface area contributed by atoms with Gasteiger partial charge in [-0.15, -0.1) is 0 Å². The van der Waals surface area contributed by atoms with Gasteiger partial charge in [0.25, 0.3) is 0 Å². The topological polar surface area (TPSA) is 26.3 Å². The van der Waals surface area contributed by atoms with E-state index in [1.807, 2.05) is 36.4 Å². The van der Waals surface area contributed by atoms with Gasteiger partial charge in [-0.05, 0) is 16.7 Å². The van der Waals surface area contributed by atoms with Gasteiger partial charge in [0.2, 0.25) is 0 Å². The van der Waals surface area contributed by atoms with Gasteiger partial charge in [0.1, 0.15) is 6.10 Å². The van der Waals surface area contributed by atoms with Crippen LogP contribution in [0.15, 0.2) is 66.7 Å². The van der Waals surface area contributed by atoms with Crippen LogP contribution >= 0.6 is 0 Å². The lowest BCUT2D eigenvalue weighted by Crippen LogP contribution is -2.12. The molecule has 19 heavy (non-hydrogen) atoms. The Morgan fingerprint density at radius 2 is 1.58 bits per heavy atom. The molecule has 0 spiro atoms. The van der Waals surface area contributed by atoms with Crippen LogP contribution < -0.4 is 0 Å². The van der Waals surface area contributed by atoms with Crippen molar-refractivity contribution in [1.29, 1.82) is 0 Å². The normalized spacial score (nSPS) is 18.1. The highest BCUT2D eigenvalue weighted by atomic mass is 16.5. The van der Waals surface area contributed by atoms with E-state index in [9.17, 15) is 4.79 Å². The van der Waals surface area contributed by atoms with Gasteiger partial charge in [0, 0.05) is 12.5 Å². The maximum atomic E-state index is 11.2. The van der Waals surface area contributed by atoms with Crippen LogP contribution in [0.5, 0.6) is 0 Å². The molecule has 0 saturated carbocycles. The van der Waals surface area contributed by atoms with Gasteiger partial charge >= 0.3 is 5.97 Å². The third-order valence-corrected chi connectivity index (χ3v) is 3.25. The van der Waals surface area contributed by atoms with E-state index >= 15 is 0 Å². The van der Waals surface area contributed by atoms with Crippen LogP contribution in [0.2, 0.25) is 0 Å². The molecule has 0 fully saturated rings. The average Bonchev–Trinajstić information content (AvgIpc) is 2.48. The Kier molecular flexibility index (Phi) is 3.15. The van der Waals surface area contributed by atoms with Crippen LogP contribution in [0.4, 0.5) is 0 Å². The summed E-state index contributed by atoms with van der Waals surface area (Å²) in [5.74, 6) is -0.261. The van der Waals surface area contributed by atoms with Crippen molar-refractivity contribution in [2.24, 2.45) is 0 Å². The molecule has 2 aromatic carbocycles. The molecule has 2 nitrogen and oxygen atoms in total. The number of carbonyl (C=O) groups is 1. The lowest BCUT2D eigenvalue weighted by molar-refractivity contribution is -0.144. The molecule has 1 aliphatic heterocycles. The van der Waals surface area contributed by atoms with Crippen molar-refractivity contribution < 1.29 is 9.53 Å². The predicted molar refractivity (Wildman–Crippen MR) is 74.5 cm³/mol. The summed E-state index contributed by atoms with van der Waals surface area (Å²) >= 11 is 0. The Labute approximate surface area is 112 Å². The van der Waals surface area contributed by atoms with E-state index in [1.54, 1.807) is 0 Å². The van der Waals surface area contributed by atoms with Crippen LogP contribution in [0.3, 0.4) is 0 Å². The lowest BCUT2D eigenvalue weighted by Gasteiger charge is -2.19. The molecule has 0 unspecified atom stereocenters. The number of hydrogen-bond acceptors (Lipinski definition) is 2. The van der Waals surface area contributed by atoms with Gasteiger partial charge < -0.3 is 4.74 Å². The zero-order chi connectivity index (χ0) is 13.1. The van der Waals surface area contributed by atoms with Crippen molar-refractivity contribution >= 4 is 5.97 Å². The minimum absolute atomic E-state index is 0.151. The molecule has 0 amide bonds. The Bertz CT molecular complexity index is 597. The first-order valence-electron chi connectivity index (χ1n) is 6.35. The second-order valence-electron chi connectivity index (χ2n) is 4.55. The maximum absolute atomic E-state index is 11.2. The van der Waals surface area contributed by atoms with Crippen LogP contribution in [0.25, 0.3) is 11.1 Å². The Balaban J connectivity index is 1.83. The SMILES string of the molecule is O=C1C=CC[C@H](c2ccc(-c3ccccc3)cc2)O1. The first kappa shape index (κ1) is 11.7. The highest BCUT2D eigenvalue weighted by Crippen LogP contribution is 2.27. The third-order valence-electron chi connectivity index (χ3n) is 3.25. The van der Waals surface area contributed by atoms with Crippen molar-refractivity contribution in [2.75, 3.05) is 0 Å². The number of carbonyl (C=O) groups excluding carboxylic acids is 1. The molecule has 0 aliphatic carbocycles. The van der Waals surface area contributed by atoms with Crippen LogP contribution in [-0.2, 0) is 9.53 Å². The first-order valence-corrected chi connectivity index (χ1v) is 6.35. The highest BCUT2D eigenvalue weighted by Gasteiger charge is 2.17. The number of cyclic esters (lactones) is 1. The van der Waals surface area contributed by atoms with E-state index in [2.05, 4.69) is 24.3 Å². The fourth-order valence-corrected chi connectivity index (χ4v) is 2.24. The summed E-state index contributed by atoms with van der Waals surface area (Å²) in [7, 11) is 0. The van der Waals surface area contributed by atoms with E-state index in [0.717, 1.165) is 12.0 Å². The fraction of sp³-hybridized carbons (Fsp3) is 0.118. The van der Waals surface area contributed by atoms with E-state index in [1.165, 1.54) is 17.2 Å². The van der Waals surface area contributed by atoms with Crippen molar-refractivity contribution in [1.82, 2.24) is 0 Å². The predicted octanol–water partition coefficient (Wildman–Crippen LogP) is 3.90. The minimum atomic E-state index is -0.261. The van der Waals surface area contributed by atoms with Crippen LogP contribution in [0.1, 0.15) is 18.1 Å². The molecule has 1 aliphatic rings. The van der Waals surface area contributed by atoms with Crippen molar-refractivity contribution in [3.63, 3.8) is 0 Å². The molecule has 0 bridgehead atoms. The van der Waals surface area contributed by atoms with Crippen molar-refractivity contribution in [3.8, 4) is 11.1 Å². The van der Waals surface area contributed by atoms with Gasteiger partial charge in [-0.1, -0.05) is 60.7 Å². The molecular formula is C17H14O2. The van der Waals surface area contributed by atoms with Gasteiger partial charge in [0.05, 0.1) is 0 Å². The van der Waals surface area contributed by atoms with E-state index in [-0.39, 0.29) is 12.1 Å². The zero-order valence-corrected chi connectivity index (χ0v) is 10.5. The summed E-state index contributed by atoms with van der Waals surface area (Å²) in [5, 5.41) is 0. The standard InChI is InChI=1S/C17H14O2/c18-17-8-4-7-16(19-17)15-11-9-14(10-12-15)13-5-2-1-3-6-13/h1-6,8-12,16H,7H2/t16-/m1/s1. The molecule has 1 heterocycles. The van der Waals surface area contributed by atoms with Crippen molar-refractivity contribution in [2.45, 2.75) is 12.5 Å². The average molecular weight is 250 g/mol. The monoisotopic (exact) mass is 250 g/mol. The highest BCUT2D eigenvalue weighted by molar-refractivity contribution is 5.82. The molecule has 2 aromatic rings. The van der Waals surface area contributed by atoms with E-state index in [0.29, 0.717) is 0 Å². The van der Waals surface area contributed by atoms with Crippen molar-refractivity contribution in [3.05, 3.63) is 72.3 Å². The molecule has 0 saturated heterocycles. The number of esters is 1. The second kappa shape index (κ2) is 5.11. The summed E-state index contributed by atoms with van der Waals surface area (Å²) < 4.78 is 5.29. The number of hydrogen-bond donors (Lipinski definition) is 0. The Morgan fingerprint density at radius 1 is 0.895 bits per heavy atom. The quantitative estimate of drug-likeness (QED) is 0.756. The van der Waals surface area contributed by atoms with Crippen LogP contribution in [-0.4, -0.2) is 5.97 Å². The molecule has 0 N–H and O–H groups in total. The molecule has 2 heteroatoms. The molecule has 3 rings (SSSR count). The largest absolute Gasteiger partial charge is 0.454 e. The Hall–Kier alpha value is -2.35. The molecule has 0 aromatic heterocycles. The zero-order valence-electron chi connectivity index (χ0n) is 10.5. The summed E-state index contributed by atoms with van der Waals surface area (Å²) in [4.78, 5) is 11.2. The van der Waals surface area contributed by atoms with E-state index in [4.69, 9.17) is 4.74 Å². The third kappa shape index (κ3) is 2.58. The number of ether oxygens (including phenoxy) is 1. The van der Waals surface area contributed by atoms with Gasteiger partial charge in [-0.2, -0.15) is 0 Å². The number of rotatable bonds is 2. The van der Waals surface area contributed by atoms with Gasteiger partial charge in [-0.25, -0.2) is 4.79 Å². The Morgan fingerprint density at radius 3 is 2.26 bits per heavy atom. The molecule has 1 atom stereocenters. The first-order chi connectivity index (χ1) is 9.33. The van der Waals surface area contributed by atoms with E-state index < -0.39 is 0 Å². The summed E-state index contributed by atoms with van der Waals surface area (Å²) in [6, 6.07) is 18.4. The summed E-state index contributed by atoms with van der Waals surface area (Å²) in [6.07, 6.45) is 3.94. The molecular weight excluding hydrogens is 236 g/mol. The molecule has 94 valence electrons.